The summed E-state index contributed by atoms with van der Waals surface area (Å²) in [5.41, 5.74) is 1.67. The van der Waals surface area contributed by atoms with Gasteiger partial charge in [-0.2, -0.15) is 0 Å². The van der Waals surface area contributed by atoms with Crippen molar-refractivity contribution >= 4 is 0 Å². The van der Waals surface area contributed by atoms with E-state index in [9.17, 15) is 18.0 Å². The molecule has 0 radical (unpaired) electrons. The maximum atomic E-state index is 12.0. The molecule has 3 nitrogen and oxygen atoms in total. The van der Waals surface area contributed by atoms with Gasteiger partial charge in [-0.05, 0) is 36.8 Å². The van der Waals surface area contributed by atoms with E-state index in [1.54, 1.807) is 6.92 Å². The molecule has 2 rings (SSSR count). The number of hydrogen-bond acceptors (Lipinski definition) is 2. The van der Waals surface area contributed by atoms with Gasteiger partial charge in [0.2, 0.25) is 0 Å². The van der Waals surface area contributed by atoms with Gasteiger partial charge in [0.15, 0.2) is 5.43 Å². The highest BCUT2D eigenvalue weighted by Crippen LogP contribution is 2.25. The van der Waals surface area contributed by atoms with Crippen LogP contribution in [0.15, 0.2) is 41.2 Å². The van der Waals surface area contributed by atoms with Gasteiger partial charge in [0.05, 0.1) is 0 Å². The first kappa shape index (κ1) is 13.2. The van der Waals surface area contributed by atoms with Gasteiger partial charge < -0.3 is 9.72 Å². The smallest absolute Gasteiger partial charge is 0.406 e. The summed E-state index contributed by atoms with van der Waals surface area (Å²) in [6, 6.07) is 8.11. The predicted octanol–water partition coefficient (Wildman–Crippen LogP) is 3.25. The summed E-state index contributed by atoms with van der Waals surface area (Å²) in [6.45, 7) is 1.73. The average Bonchev–Trinajstić information content (AvgIpc) is 2.26. The number of pyridine rings is 1. The Bertz CT molecular complexity index is 630. The van der Waals surface area contributed by atoms with Crippen molar-refractivity contribution in [2.45, 2.75) is 13.3 Å². The molecule has 0 saturated heterocycles. The van der Waals surface area contributed by atoms with Gasteiger partial charge in [-0.15, -0.1) is 13.2 Å². The Kier molecular flexibility index (Phi) is 3.33. The highest BCUT2D eigenvalue weighted by Gasteiger charge is 2.30. The van der Waals surface area contributed by atoms with Gasteiger partial charge in [-0.1, -0.05) is 0 Å². The minimum atomic E-state index is -4.71. The zero-order valence-electron chi connectivity index (χ0n) is 9.91. The predicted molar refractivity (Wildman–Crippen MR) is 63.9 cm³/mol. The van der Waals surface area contributed by atoms with Crippen LogP contribution in [0.1, 0.15) is 5.69 Å². The van der Waals surface area contributed by atoms with Crippen LogP contribution in [-0.4, -0.2) is 11.3 Å². The van der Waals surface area contributed by atoms with Gasteiger partial charge in [-0.3, -0.25) is 4.79 Å². The number of aryl methyl sites for hydroxylation is 1. The normalized spacial score (nSPS) is 11.4. The molecule has 0 amide bonds. The van der Waals surface area contributed by atoms with Crippen molar-refractivity contribution in [3.63, 3.8) is 0 Å². The van der Waals surface area contributed by atoms with E-state index in [0.29, 0.717) is 17.0 Å². The quantitative estimate of drug-likeness (QED) is 0.909. The largest absolute Gasteiger partial charge is 0.573 e. The van der Waals surface area contributed by atoms with Crippen LogP contribution >= 0.6 is 0 Å². The first-order valence-electron chi connectivity index (χ1n) is 5.41. The molecule has 0 saturated carbocycles. The minimum Gasteiger partial charge on any atom is -0.406 e. The van der Waals surface area contributed by atoms with Gasteiger partial charge in [-0.25, -0.2) is 0 Å². The number of benzene rings is 1. The van der Waals surface area contributed by atoms with E-state index < -0.39 is 6.36 Å². The van der Waals surface area contributed by atoms with Crippen LogP contribution in [0.2, 0.25) is 0 Å². The molecule has 100 valence electrons. The van der Waals surface area contributed by atoms with E-state index in [1.165, 1.54) is 36.4 Å². The molecule has 0 unspecified atom stereocenters. The fourth-order valence-electron chi connectivity index (χ4n) is 1.67. The first-order chi connectivity index (χ1) is 8.83. The second-order valence-electron chi connectivity index (χ2n) is 3.98. The number of ether oxygens (including phenoxy) is 1. The van der Waals surface area contributed by atoms with E-state index in [1.807, 2.05) is 0 Å². The number of hydrogen-bond donors (Lipinski definition) is 1. The standard InChI is InChI=1S/C13H10F3NO2/c1-8-6-10(18)7-12(17-8)9-2-4-11(5-3-9)19-13(14,15)16/h2-7H,1H3,(H,17,18). The van der Waals surface area contributed by atoms with Gasteiger partial charge in [0.25, 0.3) is 0 Å². The van der Waals surface area contributed by atoms with Crippen molar-refractivity contribution in [3.05, 3.63) is 52.3 Å². The van der Waals surface area contributed by atoms with E-state index in [-0.39, 0.29) is 11.2 Å². The minimum absolute atomic E-state index is 0.165. The SMILES string of the molecule is Cc1cc(=O)cc(-c2ccc(OC(F)(F)F)cc2)[nH]1. The summed E-state index contributed by atoms with van der Waals surface area (Å²) in [6.07, 6.45) is -4.71. The number of rotatable bonds is 2. The number of aromatic amines is 1. The molecule has 0 aliphatic heterocycles. The van der Waals surface area contributed by atoms with Crippen LogP contribution < -0.4 is 10.2 Å². The van der Waals surface area contributed by atoms with Crippen molar-refractivity contribution in [3.8, 4) is 17.0 Å². The summed E-state index contributed by atoms with van der Waals surface area (Å²) in [5, 5.41) is 0. The number of halogens is 3. The molecule has 2 aromatic rings. The molecule has 0 spiro atoms. The van der Waals surface area contributed by atoms with E-state index >= 15 is 0 Å². The Labute approximate surface area is 106 Å². The van der Waals surface area contributed by atoms with Crippen molar-refractivity contribution in [2.24, 2.45) is 0 Å². The number of H-pyrrole nitrogens is 1. The second-order valence-corrected chi connectivity index (χ2v) is 3.98. The van der Waals surface area contributed by atoms with Crippen LogP contribution in [0.3, 0.4) is 0 Å². The molecular weight excluding hydrogens is 259 g/mol. The Balaban J connectivity index is 2.30. The highest BCUT2D eigenvalue weighted by molar-refractivity contribution is 5.60. The molecule has 1 heterocycles. The first-order valence-corrected chi connectivity index (χ1v) is 5.41. The van der Waals surface area contributed by atoms with Crippen LogP contribution in [-0.2, 0) is 0 Å². The third-order valence-corrected chi connectivity index (χ3v) is 2.38. The molecular formula is C13H10F3NO2. The topological polar surface area (TPSA) is 42.1 Å². The zero-order valence-corrected chi connectivity index (χ0v) is 9.91. The van der Waals surface area contributed by atoms with Gasteiger partial charge in [0, 0.05) is 23.5 Å². The third kappa shape index (κ3) is 3.61. The summed E-state index contributed by atoms with van der Waals surface area (Å²) in [4.78, 5) is 14.3. The number of alkyl halides is 3. The lowest BCUT2D eigenvalue weighted by atomic mass is 10.1. The molecule has 1 aromatic carbocycles. The van der Waals surface area contributed by atoms with Crippen molar-refractivity contribution < 1.29 is 17.9 Å². The van der Waals surface area contributed by atoms with Crippen LogP contribution in [0.25, 0.3) is 11.3 Å². The summed E-state index contributed by atoms with van der Waals surface area (Å²) < 4.78 is 39.8. The third-order valence-electron chi connectivity index (χ3n) is 2.38. The summed E-state index contributed by atoms with van der Waals surface area (Å²) in [7, 11) is 0. The molecule has 0 atom stereocenters. The molecule has 0 bridgehead atoms. The fraction of sp³-hybridized carbons (Fsp3) is 0.154. The maximum absolute atomic E-state index is 12.0. The fourth-order valence-corrected chi connectivity index (χ4v) is 1.67. The zero-order chi connectivity index (χ0) is 14.0. The Morgan fingerprint density at radius 2 is 1.74 bits per heavy atom. The van der Waals surface area contributed by atoms with Crippen LogP contribution in [0.4, 0.5) is 13.2 Å². The molecule has 0 aliphatic carbocycles. The highest BCUT2D eigenvalue weighted by atomic mass is 19.4. The summed E-state index contributed by atoms with van der Waals surface area (Å²) >= 11 is 0. The van der Waals surface area contributed by atoms with Gasteiger partial charge in [0.1, 0.15) is 5.75 Å². The molecule has 6 heteroatoms. The number of nitrogens with one attached hydrogen (secondary N) is 1. The lowest BCUT2D eigenvalue weighted by molar-refractivity contribution is -0.274. The molecule has 0 aliphatic rings. The summed E-state index contributed by atoms with van der Waals surface area (Å²) in [5.74, 6) is -0.300. The Hall–Kier alpha value is -2.24. The van der Waals surface area contributed by atoms with Gasteiger partial charge >= 0.3 is 6.36 Å². The van der Waals surface area contributed by atoms with E-state index in [2.05, 4.69) is 9.72 Å². The van der Waals surface area contributed by atoms with E-state index in [4.69, 9.17) is 0 Å². The molecule has 1 N–H and O–H groups in total. The van der Waals surface area contributed by atoms with E-state index in [0.717, 1.165) is 0 Å². The van der Waals surface area contributed by atoms with Crippen molar-refractivity contribution in [1.82, 2.24) is 4.98 Å². The maximum Gasteiger partial charge on any atom is 0.573 e. The molecule has 1 aromatic heterocycles. The van der Waals surface area contributed by atoms with Crippen LogP contribution in [0, 0.1) is 6.92 Å². The Morgan fingerprint density at radius 1 is 1.11 bits per heavy atom. The Morgan fingerprint density at radius 3 is 2.26 bits per heavy atom. The second kappa shape index (κ2) is 4.79. The lowest BCUT2D eigenvalue weighted by Crippen LogP contribution is -2.16. The lowest BCUT2D eigenvalue weighted by Gasteiger charge is -2.09. The number of aromatic nitrogens is 1. The monoisotopic (exact) mass is 269 g/mol. The molecule has 0 fully saturated rings. The van der Waals surface area contributed by atoms with Crippen LogP contribution in [0.5, 0.6) is 5.75 Å². The molecule has 19 heavy (non-hydrogen) atoms. The van der Waals surface area contributed by atoms with Crippen molar-refractivity contribution in [1.29, 1.82) is 0 Å². The van der Waals surface area contributed by atoms with Crippen molar-refractivity contribution in [2.75, 3.05) is 0 Å². The average molecular weight is 269 g/mol.